The maximum Gasteiger partial charge on any atom is 0.331 e. The van der Waals surface area contributed by atoms with Crippen LogP contribution in [0.3, 0.4) is 0 Å². The van der Waals surface area contributed by atoms with Crippen molar-refractivity contribution in [2.45, 2.75) is 19.3 Å². The second kappa shape index (κ2) is 7.25. The fourth-order valence-electron chi connectivity index (χ4n) is 6.06. The average Bonchev–Trinajstić information content (AvgIpc) is 3.39. The normalized spacial score (nSPS) is 14.5. The fourth-order valence-corrected chi connectivity index (χ4v) is 6.06. The topological polar surface area (TPSA) is 39.4 Å². The highest BCUT2D eigenvalue weighted by Crippen LogP contribution is 2.55. The van der Waals surface area contributed by atoms with Crippen molar-refractivity contribution in [1.29, 1.82) is 0 Å². The molecule has 6 rings (SSSR count). The Morgan fingerprint density at radius 3 is 1.80 bits per heavy atom. The molecule has 176 valence electrons. The molecule has 0 atom stereocenters. The Hall–Kier alpha value is -3.99. The van der Waals surface area contributed by atoms with E-state index in [0.717, 1.165) is 55.6 Å². The predicted molar refractivity (Wildman–Crippen MR) is 142 cm³/mol. The molecule has 0 aliphatic carbocycles. The number of carbonyl (C=O) groups excluding carboxylic acids is 1. The fraction of sp³-hybridized carbons (Fsp3) is 0.233. The third kappa shape index (κ3) is 2.61. The Kier molecular flexibility index (Phi) is 4.46. The van der Waals surface area contributed by atoms with Gasteiger partial charge in [0, 0.05) is 89.8 Å². The number of esters is 1. The first-order valence-corrected chi connectivity index (χ1v) is 11.9. The maximum atomic E-state index is 14.4. The van der Waals surface area contributed by atoms with Crippen LogP contribution in [0, 0.1) is 13.8 Å². The third-order valence-corrected chi connectivity index (χ3v) is 7.94. The second-order valence-electron chi connectivity index (χ2n) is 9.79. The van der Waals surface area contributed by atoms with Gasteiger partial charge in [0.1, 0.15) is 5.75 Å². The molecule has 5 nitrogen and oxygen atoms in total. The van der Waals surface area contributed by atoms with Crippen LogP contribution in [0.15, 0.2) is 66.7 Å². The van der Waals surface area contributed by atoms with Crippen molar-refractivity contribution in [3.05, 3.63) is 94.8 Å². The molecular weight excluding hydrogens is 434 g/mol. The SMILES string of the molecule is Cc1c(C2(c3c(C)n(C)c4ccccc34)C(=O)Oc3cc(N(C)C)ccc32)c2ccccc2n1C. The molecule has 35 heavy (non-hydrogen) atoms. The highest BCUT2D eigenvalue weighted by Gasteiger charge is 2.56. The lowest BCUT2D eigenvalue weighted by Gasteiger charge is -2.29. The highest BCUT2D eigenvalue weighted by molar-refractivity contribution is 6.08. The Balaban J connectivity index is 1.85. The molecular formula is C30H29N3O2. The standard InChI is InChI=1S/C30H29N3O2/c1-18-27(21-11-7-9-13-24(21)32(18)5)30(28-19(2)33(6)25-14-10-8-12-22(25)28)23-16-15-20(31(3)4)17-26(23)35-29(30)34/h7-17H,1-6H3. The number of carbonyl (C=O) groups is 1. The number of para-hydroxylation sites is 2. The summed E-state index contributed by atoms with van der Waals surface area (Å²) in [4.78, 5) is 16.4. The largest absolute Gasteiger partial charge is 0.425 e. The van der Waals surface area contributed by atoms with Crippen molar-refractivity contribution in [1.82, 2.24) is 9.13 Å². The van der Waals surface area contributed by atoms with E-state index in [4.69, 9.17) is 4.74 Å². The van der Waals surface area contributed by atoms with Crippen LogP contribution in [0.4, 0.5) is 5.69 Å². The van der Waals surface area contributed by atoms with Crippen LogP contribution < -0.4 is 9.64 Å². The number of ether oxygens (including phenoxy) is 1. The summed E-state index contributed by atoms with van der Waals surface area (Å²) >= 11 is 0. The predicted octanol–water partition coefficient (Wildman–Crippen LogP) is 5.61. The van der Waals surface area contributed by atoms with Gasteiger partial charge in [-0.3, -0.25) is 0 Å². The molecule has 0 unspecified atom stereocenters. The lowest BCUT2D eigenvalue weighted by Crippen LogP contribution is -2.37. The first-order chi connectivity index (χ1) is 16.8. The molecule has 0 saturated heterocycles. The van der Waals surface area contributed by atoms with Gasteiger partial charge in [-0.05, 0) is 32.0 Å². The monoisotopic (exact) mass is 463 g/mol. The smallest absolute Gasteiger partial charge is 0.331 e. The second-order valence-corrected chi connectivity index (χ2v) is 9.79. The van der Waals surface area contributed by atoms with Crippen molar-refractivity contribution in [3.8, 4) is 5.75 Å². The number of rotatable bonds is 3. The molecule has 0 saturated carbocycles. The van der Waals surface area contributed by atoms with Crippen LogP contribution >= 0.6 is 0 Å². The summed E-state index contributed by atoms with van der Waals surface area (Å²) in [6.45, 7) is 4.22. The Bertz CT molecular complexity index is 1580. The summed E-state index contributed by atoms with van der Waals surface area (Å²) in [5.74, 6) is 0.378. The van der Waals surface area contributed by atoms with E-state index in [1.54, 1.807) is 0 Å². The first-order valence-electron chi connectivity index (χ1n) is 11.9. The van der Waals surface area contributed by atoms with Crippen LogP contribution in [-0.4, -0.2) is 29.2 Å². The van der Waals surface area contributed by atoms with Gasteiger partial charge in [-0.2, -0.15) is 0 Å². The van der Waals surface area contributed by atoms with Gasteiger partial charge >= 0.3 is 5.97 Å². The van der Waals surface area contributed by atoms with Crippen LogP contribution in [0.1, 0.15) is 28.1 Å². The van der Waals surface area contributed by atoms with Crippen molar-refractivity contribution >= 4 is 33.5 Å². The summed E-state index contributed by atoms with van der Waals surface area (Å²) in [6, 6.07) is 22.8. The minimum atomic E-state index is -1.09. The number of fused-ring (bicyclic) bond motifs is 3. The van der Waals surface area contributed by atoms with Gasteiger partial charge in [0.15, 0.2) is 5.41 Å². The molecule has 1 aliphatic rings. The summed E-state index contributed by atoms with van der Waals surface area (Å²) < 4.78 is 10.5. The Morgan fingerprint density at radius 2 is 1.29 bits per heavy atom. The van der Waals surface area contributed by atoms with E-state index in [1.165, 1.54) is 0 Å². The van der Waals surface area contributed by atoms with E-state index < -0.39 is 5.41 Å². The minimum Gasteiger partial charge on any atom is -0.425 e. The number of aromatic nitrogens is 2. The van der Waals surface area contributed by atoms with Gasteiger partial charge in [0.25, 0.3) is 0 Å². The number of hydrogen-bond donors (Lipinski definition) is 0. The molecule has 0 bridgehead atoms. The van der Waals surface area contributed by atoms with Crippen LogP contribution in [0.5, 0.6) is 5.75 Å². The zero-order chi connectivity index (χ0) is 24.6. The maximum absolute atomic E-state index is 14.4. The molecule has 5 aromatic rings. The number of nitrogens with zero attached hydrogens (tertiary/aromatic N) is 3. The summed E-state index contributed by atoms with van der Waals surface area (Å²) in [5, 5.41) is 2.14. The molecule has 2 aromatic heterocycles. The van der Waals surface area contributed by atoms with E-state index in [2.05, 4.69) is 73.5 Å². The molecule has 3 heterocycles. The molecule has 0 amide bonds. The van der Waals surface area contributed by atoms with Gasteiger partial charge in [-0.15, -0.1) is 0 Å². The van der Waals surface area contributed by atoms with Crippen molar-refractivity contribution in [3.63, 3.8) is 0 Å². The van der Waals surface area contributed by atoms with Crippen LogP contribution in [0.2, 0.25) is 0 Å². The molecule has 0 N–H and O–H groups in total. The van der Waals surface area contributed by atoms with Crippen LogP contribution in [0.25, 0.3) is 21.8 Å². The zero-order valence-corrected chi connectivity index (χ0v) is 21.0. The number of hydrogen-bond acceptors (Lipinski definition) is 3. The molecule has 5 heteroatoms. The van der Waals surface area contributed by atoms with Gasteiger partial charge in [0.2, 0.25) is 0 Å². The van der Waals surface area contributed by atoms with Crippen molar-refractivity contribution in [2.75, 3.05) is 19.0 Å². The van der Waals surface area contributed by atoms with E-state index in [1.807, 2.05) is 49.3 Å². The van der Waals surface area contributed by atoms with Crippen molar-refractivity contribution < 1.29 is 9.53 Å². The quantitative estimate of drug-likeness (QED) is 0.258. The van der Waals surface area contributed by atoms with Crippen molar-refractivity contribution in [2.24, 2.45) is 14.1 Å². The van der Waals surface area contributed by atoms with E-state index in [-0.39, 0.29) is 5.97 Å². The van der Waals surface area contributed by atoms with Gasteiger partial charge < -0.3 is 18.8 Å². The summed E-state index contributed by atoms with van der Waals surface area (Å²) in [5.41, 5.74) is 7.11. The molecule has 0 spiro atoms. The number of aryl methyl sites for hydroxylation is 2. The lowest BCUT2D eigenvalue weighted by molar-refractivity contribution is -0.135. The minimum absolute atomic E-state index is 0.248. The first kappa shape index (κ1) is 21.5. The molecule has 0 radical (unpaired) electrons. The number of anilines is 1. The van der Waals surface area contributed by atoms with Gasteiger partial charge in [-0.1, -0.05) is 42.5 Å². The summed E-state index contributed by atoms with van der Waals surface area (Å²) in [7, 11) is 8.13. The highest BCUT2D eigenvalue weighted by atomic mass is 16.5. The molecule has 1 aliphatic heterocycles. The van der Waals surface area contributed by atoms with E-state index in [9.17, 15) is 4.79 Å². The van der Waals surface area contributed by atoms with E-state index in [0.29, 0.717) is 5.75 Å². The zero-order valence-electron chi connectivity index (χ0n) is 21.0. The Labute approximate surface area is 205 Å². The average molecular weight is 464 g/mol. The molecule has 0 fully saturated rings. The van der Waals surface area contributed by atoms with Gasteiger partial charge in [-0.25, -0.2) is 4.79 Å². The van der Waals surface area contributed by atoms with Crippen LogP contribution in [-0.2, 0) is 24.3 Å². The lowest BCUT2D eigenvalue weighted by atomic mass is 9.68. The van der Waals surface area contributed by atoms with E-state index >= 15 is 0 Å². The number of benzene rings is 3. The molecule has 3 aromatic carbocycles. The Morgan fingerprint density at radius 1 is 0.771 bits per heavy atom. The van der Waals surface area contributed by atoms with Gasteiger partial charge in [0.05, 0.1) is 0 Å². The summed E-state index contributed by atoms with van der Waals surface area (Å²) in [6.07, 6.45) is 0. The third-order valence-electron chi connectivity index (χ3n) is 7.94.